The van der Waals surface area contributed by atoms with E-state index >= 15 is 0 Å². The predicted molar refractivity (Wildman–Crippen MR) is 78.3 cm³/mol. The highest BCUT2D eigenvalue weighted by Gasteiger charge is 2.04. The van der Waals surface area contributed by atoms with E-state index in [2.05, 4.69) is 20.5 Å². The van der Waals surface area contributed by atoms with Crippen LogP contribution in [0.4, 0.5) is 0 Å². The molecule has 2 rings (SSSR count). The lowest BCUT2D eigenvalue weighted by molar-refractivity contribution is 0.0950. The van der Waals surface area contributed by atoms with Crippen molar-refractivity contribution in [2.75, 3.05) is 0 Å². The zero-order chi connectivity index (χ0) is 14.2. The van der Waals surface area contributed by atoms with E-state index in [4.69, 9.17) is 11.6 Å². The molecule has 0 unspecified atom stereocenters. The van der Waals surface area contributed by atoms with Gasteiger partial charge in [-0.3, -0.25) is 9.78 Å². The molecule has 0 aliphatic rings. The fraction of sp³-hybridized carbons (Fsp3) is 0. The minimum absolute atomic E-state index is 0.188. The summed E-state index contributed by atoms with van der Waals surface area (Å²) >= 11 is 5.98. The highest BCUT2D eigenvalue weighted by Crippen LogP contribution is 2.07. The molecular formula is C14H11ClN4O. The summed E-state index contributed by atoms with van der Waals surface area (Å²) < 4.78 is 0. The second kappa shape index (κ2) is 7.16. The molecule has 1 aromatic heterocycles. The number of nitrogens with zero attached hydrogens (tertiary/aromatic N) is 3. The van der Waals surface area contributed by atoms with Crippen LogP contribution in [-0.2, 0) is 0 Å². The predicted octanol–water partition coefficient (Wildman–Crippen LogP) is 2.47. The van der Waals surface area contributed by atoms with Crippen molar-refractivity contribution >= 4 is 29.8 Å². The summed E-state index contributed by atoms with van der Waals surface area (Å²) in [6.07, 6.45) is 7.36. The number of aromatic nitrogens is 2. The van der Waals surface area contributed by atoms with Crippen LogP contribution in [0.25, 0.3) is 6.08 Å². The van der Waals surface area contributed by atoms with E-state index in [0.29, 0.717) is 5.03 Å². The molecule has 1 heterocycles. The van der Waals surface area contributed by atoms with E-state index in [1.54, 1.807) is 6.08 Å². The SMILES string of the molecule is O=C(N/N=C/C(Cl)=C/c1ccccc1)c1cnccn1. The molecule has 1 N–H and O–H groups in total. The number of amides is 1. The van der Waals surface area contributed by atoms with Crippen molar-refractivity contribution in [2.45, 2.75) is 0 Å². The molecule has 100 valence electrons. The van der Waals surface area contributed by atoms with Gasteiger partial charge in [0.1, 0.15) is 5.69 Å². The lowest BCUT2D eigenvalue weighted by atomic mass is 10.2. The molecule has 1 amide bonds. The van der Waals surface area contributed by atoms with Crippen LogP contribution in [0.5, 0.6) is 0 Å². The second-order valence-electron chi connectivity index (χ2n) is 3.73. The minimum Gasteiger partial charge on any atom is -0.265 e. The maximum Gasteiger partial charge on any atom is 0.291 e. The number of hydrazone groups is 1. The maximum atomic E-state index is 11.6. The Balaban J connectivity index is 1.94. The topological polar surface area (TPSA) is 67.2 Å². The Kier molecular flexibility index (Phi) is 4.97. The van der Waals surface area contributed by atoms with Gasteiger partial charge in [-0.15, -0.1) is 0 Å². The number of nitrogens with one attached hydrogen (secondary N) is 1. The lowest BCUT2D eigenvalue weighted by Crippen LogP contribution is -2.18. The van der Waals surface area contributed by atoms with Gasteiger partial charge in [-0.05, 0) is 11.6 Å². The highest BCUT2D eigenvalue weighted by atomic mass is 35.5. The Morgan fingerprint density at radius 1 is 1.25 bits per heavy atom. The average Bonchev–Trinajstić information content (AvgIpc) is 2.49. The number of allylic oxidation sites excluding steroid dienone is 1. The van der Waals surface area contributed by atoms with E-state index in [-0.39, 0.29) is 5.69 Å². The summed E-state index contributed by atoms with van der Waals surface area (Å²) in [5.74, 6) is -0.446. The monoisotopic (exact) mass is 286 g/mol. The molecule has 0 aliphatic heterocycles. The van der Waals surface area contributed by atoms with Gasteiger partial charge in [0.05, 0.1) is 17.4 Å². The molecule has 20 heavy (non-hydrogen) atoms. The molecular weight excluding hydrogens is 276 g/mol. The van der Waals surface area contributed by atoms with Crippen molar-refractivity contribution in [3.63, 3.8) is 0 Å². The Morgan fingerprint density at radius 3 is 2.75 bits per heavy atom. The van der Waals surface area contributed by atoms with Gasteiger partial charge in [-0.2, -0.15) is 5.10 Å². The first kappa shape index (κ1) is 13.9. The van der Waals surface area contributed by atoms with Crippen LogP contribution >= 0.6 is 11.6 Å². The highest BCUT2D eigenvalue weighted by molar-refractivity contribution is 6.41. The minimum atomic E-state index is -0.446. The number of halogens is 1. The van der Waals surface area contributed by atoms with Gasteiger partial charge in [0, 0.05) is 12.4 Å². The number of rotatable bonds is 4. The van der Waals surface area contributed by atoms with Crippen molar-refractivity contribution in [3.8, 4) is 0 Å². The first-order chi connectivity index (χ1) is 9.75. The molecule has 0 aliphatic carbocycles. The van der Waals surface area contributed by atoms with Gasteiger partial charge >= 0.3 is 0 Å². The smallest absolute Gasteiger partial charge is 0.265 e. The first-order valence-electron chi connectivity index (χ1n) is 5.77. The van der Waals surface area contributed by atoms with Gasteiger partial charge < -0.3 is 0 Å². The van der Waals surface area contributed by atoms with Crippen molar-refractivity contribution < 1.29 is 4.79 Å². The molecule has 2 aromatic rings. The number of benzene rings is 1. The summed E-state index contributed by atoms with van der Waals surface area (Å²) in [6.45, 7) is 0. The Labute approximate surface area is 121 Å². The van der Waals surface area contributed by atoms with Crippen LogP contribution in [-0.4, -0.2) is 22.1 Å². The molecule has 0 saturated carbocycles. The van der Waals surface area contributed by atoms with E-state index in [1.807, 2.05) is 30.3 Å². The normalized spacial score (nSPS) is 11.6. The standard InChI is InChI=1S/C14H11ClN4O/c15-12(8-11-4-2-1-3-5-11)9-18-19-14(20)13-10-16-6-7-17-13/h1-10H,(H,19,20)/b12-8-,18-9+. The molecule has 0 atom stereocenters. The van der Waals surface area contributed by atoms with Crippen molar-refractivity contribution in [2.24, 2.45) is 5.10 Å². The van der Waals surface area contributed by atoms with Crippen LogP contribution in [0.15, 0.2) is 59.1 Å². The lowest BCUT2D eigenvalue weighted by Gasteiger charge is -1.97. The zero-order valence-electron chi connectivity index (χ0n) is 10.4. The molecule has 0 radical (unpaired) electrons. The number of carbonyl (C=O) groups excluding carboxylic acids is 1. The summed E-state index contributed by atoms with van der Waals surface area (Å²) in [7, 11) is 0. The van der Waals surface area contributed by atoms with Gasteiger partial charge in [-0.25, -0.2) is 10.4 Å². The quantitative estimate of drug-likeness (QED) is 0.693. The number of hydrogen-bond donors (Lipinski definition) is 1. The van der Waals surface area contributed by atoms with Crippen LogP contribution < -0.4 is 5.43 Å². The fourth-order valence-electron chi connectivity index (χ4n) is 1.37. The molecule has 6 heteroatoms. The molecule has 1 aromatic carbocycles. The third-order valence-corrected chi connectivity index (χ3v) is 2.46. The Morgan fingerprint density at radius 2 is 2.05 bits per heavy atom. The zero-order valence-corrected chi connectivity index (χ0v) is 11.2. The Bertz CT molecular complexity index is 626. The largest absolute Gasteiger partial charge is 0.291 e. The van der Waals surface area contributed by atoms with Crippen molar-refractivity contribution in [1.82, 2.24) is 15.4 Å². The maximum absolute atomic E-state index is 11.6. The van der Waals surface area contributed by atoms with Crippen LogP contribution in [0.3, 0.4) is 0 Å². The molecule has 0 bridgehead atoms. The van der Waals surface area contributed by atoms with Gasteiger partial charge in [0.25, 0.3) is 5.91 Å². The van der Waals surface area contributed by atoms with Gasteiger partial charge in [0.2, 0.25) is 0 Å². The van der Waals surface area contributed by atoms with Gasteiger partial charge in [0.15, 0.2) is 0 Å². The average molecular weight is 287 g/mol. The summed E-state index contributed by atoms with van der Waals surface area (Å²) in [5.41, 5.74) is 3.45. The van der Waals surface area contributed by atoms with Crippen LogP contribution in [0.1, 0.15) is 16.1 Å². The molecule has 0 saturated heterocycles. The van der Waals surface area contributed by atoms with E-state index < -0.39 is 5.91 Å². The molecule has 0 fully saturated rings. The summed E-state index contributed by atoms with van der Waals surface area (Å²) in [5, 5.41) is 4.15. The van der Waals surface area contributed by atoms with E-state index in [1.165, 1.54) is 24.8 Å². The third kappa shape index (κ3) is 4.29. The Hall–Kier alpha value is -2.53. The van der Waals surface area contributed by atoms with Crippen LogP contribution in [0, 0.1) is 0 Å². The van der Waals surface area contributed by atoms with Crippen LogP contribution in [0.2, 0.25) is 0 Å². The molecule has 5 nitrogen and oxygen atoms in total. The van der Waals surface area contributed by atoms with E-state index in [0.717, 1.165) is 5.56 Å². The van der Waals surface area contributed by atoms with Gasteiger partial charge in [-0.1, -0.05) is 41.9 Å². The number of hydrogen-bond acceptors (Lipinski definition) is 4. The first-order valence-corrected chi connectivity index (χ1v) is 6.15. The van der Waals surface area contributed by atoms with Crippen molar-refractivity contribution in [1.29, 1.82) is 0 Å². The third-order valence-electron chi connectivity index (χ3n) is 2.25. The molecule has 0 spiro atoms. The van der Waals surface area contributed by atoms with E-state index in [9.17, 15) is 4.79 Å². The summed E-state index contributed by atoms with van der Waals surface area (Å²) in [4.78, 5) is 19.2. The fourth-order valence-corrected chi connectivity index (χ4v) is 1.55. The number of carbonyl (C=O) groups is 1. The second-order valence-corrected chi connectivity index (χ2v) is 4.17. The summed E-state index contributed by atoms with van der Waals surface area (Å²) in [6, 6.07) is 9.55. The van der Waals surface area contributed by atoms with Crippen molar-refractivity contribution in [3.05, 3.63) is 65.2 Å².